The average Bonchev–Trinajstić information content (AvgIpc) is 3.32. The van der Waals surface area contributed by atoms with Gasteiger partial charge in [0.2, 0.25) is 0 Å². The Hall–Kier alpha value is -3.28. The molecule has 5 rings (SSSR count). The summed E-state index contributed by atoms with van der Waals surface area (Å²) in [5.74, 6) is -2.46. The molecule has 0 spiro atoms. The second kappa shape index (κ2) is 9.76. The topological polar surface area (TPSA) is 86.7 Å². The van der Waals surface area contributed by atoms with Crippen LogP contribution in [-0.2, 0) is 14.9 Å². The van der Waals surface area contributed by atoms with Crippen molar-refractivity contribution in [1.82, 2.24) is 0 Å². The number of hydrogen-bond acceptors (Lipinski definition) is 6. The molecule has 1 fully saturated rings. The molecule has 0 aromatic heterocycles. The molecule has 2 aliphatic heterocycles. The van der Waals surface area contributed by atoms with Gasteiger partial charge in [0.15, 0.2) is 0 Å². The van der Waals surface area contributed by atoms with Crippen LogP contribution < -0.4 is 0 Å². The van der Waals surface area contributed by atoms with Gasteiger partial charge in [-0.05, 0) is 48.2 Å². The molecule has 35 heavy (non-hydrogen) atoms. The number of ether oxygens (including phenoxy) is 2. The average molecular weight is 475 g/mol. The van der Waals surface area contributed by atoms with Crippen LogP contribution in [0.25, 0.3) is 0 Å². The Bertz CT molecular complexity index is 1100. The summed E-state index contributed by atoms with van der Waals surface area (Å²) in [6.07, 6.45) is 13.3. The largest absolute Gasteiger partial charge is 0.386 e. The van der Waals surface area contributed by atoms with E-state index in [9.17, 15) is 19.2 Å². The summed E-state index contributed by atoms with van der Waals surface area (Å²) in [5.41, 5.74) is 2.60. The molecular weight excluding hydrogens is 444 g/mol. The van der Waals surface area contributed by atoms with Crippen molar-refractivity contribution < 1.29 is 28.7 Å². The molecule has 0 N–H and O–H groups in total. The Morgan fingerprint density at radius 1 is 0.457 bits per heavy atom. The molecule has 0 saturated heterocycles. The van der Waals surface area contributed by atoms with Gasteiger partial charge >= 0.3 is 23.9 Å². The fourth-order valence-electron chi connectivity index (χ4n) is 5.90. The molecule has 6 heteroatoms. The van der Waals surface area contributed by atoms with Gasteiger partial charge in [0.25, 0.3) is 0 Å². The summed E-state index contributed by atoms with van der Waals surface area (Å²) in [5, 5.41) is 0. The van der Waals surface area contributed by atoms with E-state index in [0.717, 1.165) is 49.7 Å². The quantitative estimate of drug-likeness (QED) is 0.376. The molecule has 6 nitrogen and oxygen atoms in total. The Balaban J connectivity index is 1.62. The minimum atomic E-state index is -0.616. The Kier molecular flexibility index (Phi) is 6.54. The van der Waals surface area contributed by atoms with E-state index in [1.165, 1.54) is 38.5 Å². The summed E-state index contributed by atoms with van der Waals surface area (Å²) < 4.78 is 9.70. The van der Waals surface area contributed by atoms with Gasteiger partial charge in [-0.3, -0.25) is 0 Å². The van der Waals surface area contributed by atoms with Crippen LogP contribution in [-0.4, -0.2) is 23.9 Å². The van der Waals surface area contributed by atoms with E-state index in [-0.39, 0.29) is 0 Å². The first-order valence-corrected chi connectivity index (χ1v) is 12.8. The number of hydrogen-bond donors (Lipinski definition) is 0. The highest BCUT2D eigenvalue weighted by atomic mass is 16.6. The smallest absolute Gasteiger partial charge is 0.346 e. The van der Waals surface area contributed by atoms with E-state index < -0.39 is 29.3 Å². The van der Waals surface area contributed by atoms with E-state index in [2.05, 4.69) is 0 Å². The minimum Gasteiger partial charge on any atom is -0.386 e. The summed E-state index contributed by atoms with van der Waals surface area (Å²) in [7, 11) is 0. The van der Waals surface area contributed by atoms with Gasteiger partial charge in [-0.2, -0.15) is 0 Å². The van der Waals surface area contributed by atoms with E-state index in [1.54, 1.807) is 24.3 Å². The maximum atomic E-state index is 12.4. The molecule has 2 heterocycles. The monoisotopic (exact) mass is 474 g/mol. The Labute approximate surface area is 205 Å². The van der Waals surface area contributed by atoms with E-state index in [1.807, 2.05) is 12.1 Å². The molecule has 1 aliphatic carbocycles. The number of benzene rings is 2. The van der Waals surface area contributed by atoms with Crippen molar-refractivity contribution in [2.45, 2.75) is 82.5 Å². The number of fused-ring (bicyclic) bond motifs is 2. The van der Waals surface area contributed by atoms with E-state index >= 15 is 0 Å². The fraction of sp³-hybridized carbons (Fsp3) is 0.448. The third-order valence-corrected chi connectivity index (χ3v) is 7.85. The molecule has 1 saturated carbocycles. The van der Waals surface area contributed by atoms with Crippen LogP contribution >= 0.6 is 0 Å². The van der Waals surface area contributed by atoms with Gasteiger partial charge in [0, 0.05) is 5.41 Å². The molecule has 3 aliphatic rings. The molecule has 0 amide bonds. The maximum Gasteiger partial charge on any atom is 0.346 e. The van der Waals surface area contributed by atoms with Crippen molar-refractivity contribution in [2.24, 2.45) is 0 Å². The number of cyclic esters (lactones) is 4. The van der Waals surface area contributed by atoms with Crippen molar-refractivity contribution >= 4 is 23.9 Å². The van der Waals surface area contributed by atoms with Crippen LogP contribution in [0.15, 0.2) is 36.4 Å². The van der Waals surface area contributed by atoms with Crippen LogP contribution in [0.4, 0.5) is 0 Å². The van der Waals surface area contributed by atoms with Gasteiger partial charge in [0.05, 0.1) is 22.3 Å². The lowest BCUT2D eigenvalue weighted by Gasteiger charge is -2.36. The molecular formula is C29H30O6. The van der Waals surface area contributed by atoms with Crippen LogP contribution in [0.5, 0.6) is 0 Å². The molecule has 0 unspecified atom stereocenters. The van der Waals surface area contributed by atoms with Crippen LogP contribution in [0.3, 0.4) is 0 Å². The first-order chi connectivity index (χ1) is 17.0. The zero-order valence-corrected chi connectivity index (χ0v) is 19.9. The van der Waals surface area contributed by atoms with Crippen LogP contribution in [0.2, 0.25) is 0 Å². The molecule has 0 radical (unpaired) electrons. The summed E-state index contributed by atoms with van der Waals surface area (Å²) >= 11 is 0. The normalized spacial score (nSPS) is 20.7. The Morgan fingerprint density at radius 2 is 0.800 bits per heavy atom. The number of carbonyl (C=O) groups is 4. The zero-order chi connectivity index (χ0) is 24.4. The van der Waals surface area contributed by atoms with E-state index in [0.29, 0.717) is 22.3 Å². The van der Waals surface area contributed by atoms with Crippen molar-refractivity contribution in [3.63, 3.8) is 0 Å². The van der Waals surface area contributed by atoms with Gasteiger partial charge in [-0.15, -0.1) is 0 Å². The Morgan fingerprint density at radius 3 is 1.20 bits per heavy atom. The second-order valence-corrected chi connectivity index (χ2v) is 9.99. The number of rotatable bonds is 2. The van der Waals surface area contributed by atoms with Gasteiger partial charge < -0.3 is 9.47 Å². The van der Waals surface area contributed by atoms with Crippen LogP contribution in [0, 0.1) is 0 Å². The lowest BCUT2D eigenvalue weighted by molar-refractivity contribution is 0.0425. The third-order valence-electron chi connectivity index (χ3n) is 7.85. The molecule has 2 aromatic rings. The summed E-state index contributed by atoms with van der Waals surface area (Å²) in [6.45, 7) is 0. The zero-order valence-electron chi connectivity index (χ0n) is 19.9. The maximum absolute atomic E-state index is 12.4. The third kappa shape index (κ3) is 4.42. The molecule has 0 atom stereocenters. The minimum absolute atomic E-state index is 0.293. The van der Waals surface area contributed by atoms with Gasteiger partial charge in [-0.1, -0.05) is 76.3 Å². The fourth-order valence-corrected chi connectivity index (χ4v) is 5.90. The predicted molar refractivity (Wildman–Crippen MR) is 129 cm³/mol. The van der Waals surface area contributed by atoms with Crippen LogP contribution in [0.1, 0.15) is 130 Å². The molecule has 2 aromatic carbocycles. The predicted octanol–water partition coefficient (Wildman–Crippen LogP) is 6.29. The number of esters is 4. The lowest BCUT2D eigenvalue weighted by atomic mass is 9.67. The second-order valence-electron chi connectivity index (χ2n) is 9.99. The highest BCUT2D eigenvalue weighted by molar-refractivity contribution is 6.15. The summed E-state index contributed by atoms with van der Waals surface area (Å²) in [4.78, 5) is 48.9. The standard InChI is InChI=1S/C29H30O6/c30-25-21-13-11-19(17-23(21)27(32)34-25)29(15-9-7-5-3-1-2-4-6-8-10-16-29)20-12-14-22-24(18-20)28(33)35-26(22)31/h11-14,17-18H,1-10,15-16H2. The molecule has 182 valence electrons. The van der Waals surface area contributed by atoms with Crippen molar-refractivity contribution in [2.75, 3.05) is 0 Å². The van der Waals surface area contributed by atoms with Gasteiger partial charge in [-0.25, -0.2) is 19.2 Å². The molecule has 0 bridgehead atoms. The first-order valence-electron chi connectivity index (χ1n) is 12.8. The SMILES string of the molecule is O=C1OC(=O)c2cc(C3(c4ccc5c(c4)C(=O)OC5=O)CCCCCCCCCCCC3)ccc21. The van der Waals surface area contributed by atoms with Crippen molar-refractivity contribution in [3.8, 4) is 0 Å². The van der Waals surface area contributed by atoms with Gasteiger partial charge in [0.1, 0.15) is 0 Å². The highest BCUT2D eigenvalue weighted by Crippen LogP contribution is 2.44. The van der Waals surface area contributed by atoms with Crippen molar-refractivity contribution in [1.29, 1.82) is 0 Å². The van der Waals surface area contributed by atoms with Crippen molar-refractivity contribution in [3.05, 3.63) is 69.8 Å². The van der Waals surface area contributed by atoms with E-state index in [4.69, 9.17) is 9.47 Å². The summed E-state index contributed by atoms with van der Waals surface area (Å²) in [6, 6.07) is 10.8. The first kappa shape index (κ1) is 23.5. The highest BCUT2D eigenvalue weighted by Gasteiger charge is 2.39. The lowest BCUT2D eigenvalue weighted by Crippen LogP contribution is -2.29. The number of carbonyl (C=O) groups excluding carboxylic acids is 4.